The minimum Gasteiger partial charge on any atom is -0.494 e. The molecule has 0 saturated carbocycles. The fourth-order valence-electron chi connectivity index (χ4n) is 3.09. The van der Waals surface area contributed by atoms with Crippen LogP contribution in [0, 0.1) is 0 Å². The highest BCUT2D eigenvalue weighted by Gasteiger charge is 2.32. The predicted molar refractivity (Wildman–Crippen MR) is 118 cm³/mol. The number of hydrogen-bond donors (Lipinski definition) is 0. The van der Waals surface area contributed by atoms with Crippen LogP contribution >= 0.6 is 12.4 Å². The van der Waals surface area contributed by atoms with Gasteiger partial charge in [0.25, 0.3) is 0 Å². The maximum atomic E-state index is 13.0. The van der Waals surface area contributed by atoms with Gasteiger partial charge in [-0.05, 0) is 48.4 Å². The Morgan fingerprint density at radius 2 is 1.74 bits per heavy atom. The molecule has 3 rings (SSSR count). The van der Waals surface area contributed by atoms with Gasteiger partial charge in [-0.1, -0.05) is 18.2 Å². The van der Waals surface area contributed by atoms with E-state index < -0.39 is 22.5 Å². The summed E-state index contributed by atoms with van der Waals surface area (Å²) >= 11 is 0. The van der Waals surface area contributed by atoms with Crippen molar-refractivity contribution in [3.05, 3.63) is 65.1 Å². The van der Waals surface area contributed by atoms with Gasteiger partial charge >= 0.3 is 6.18 Å². The van der Waals surface area contributed by atoms with Crippen molar-refractivity contribution in [3.8, 4) is 5.75 Å². The topological polar surface area (TPSA) is 38.8 Å². The lowest BCUT2D eigenvalue weighted by Crippen LogP contribution is -2.37. The van der Waals surface area contributed by atoms with E-state index in [0.717, 1.165) is 45.3 Å². The molecule has 2 aromatic rings. The third-order valence-corrected chi connectivity index (χ3v) is 5.80. The molecule has 0 spiro atoms. The van der Waals surface area contributed by atoms with Gasteiger partial charge in [0.2, 0.25) is 0 Å². The quantitative estimate of drug-likeness (QED) is 0.503. The molecule has 9 heteroatoms. The van der Waals surface area contributed by atoms with Crippen LogP contribution in [0.4, 0.5) is 13.2 Å². The molecular formula is C22H25ClF3NO3S. The lowest BCUT2D eigenvalue weighted by atomic mass is 10.1. The Labute approximate surface area is 188 Å². The Bertz CT molecular complexity index is 869. The standard InChI is InChI=1S/C22H24F3NO3S.ClH/c23-22(24,25)21-5-2-1-4-18(21)10-17-30(27)20-8-6-19(7-9-20)29-14-3-11-26-12-15-28-16-13-26;/h1-2,4-10,17H,3,11-16H2;1H/b17-10+;. The van der Waals surface area contributed by atoms with E-state index in [1.807, 2.05) is 0 Å². The summed E-state index contributed by atoms with van der Waals surface area (Å²) in [6.45, 7) is 4.97. The highest BCUT2D eigenvalue weighted by Crippen LogP contribution is 2.32. The minimum absolute atomic E-state index is 0. The first-order valence-electron chi connectivity index (χ1n) is 9.71. The summed E-state index contributed by atoms with van der Waals surface area (Å²) in [7, 11) is -1.56. The number of nitrogens with zero attached hydrogens (tertiary/aromatic N) is 1. The van der Waals surface area contributed by atoms with Crippen LogP contribution in [0.5, 0.6) is 5.75 Å². The summed E-state index contributed by atoms with van der Waals surface area (Å²) in [5.41, 5.74) is -0.766. The second-order valence-electron chi connectivity index (χ2n) is 6.81. The van der Waals surface area contributed by atoms with Crippen molar-refractivity contribution in [2.45, 2.75) is 17.5 Å². The van der Waals surface area contributed by atoms with Crippen LogP contribution < -0.4 is 4.74 Å². The number of ether oxygens (including phenoxy) is 2. The number of alkyl halides is 3. The van der Waals surface area contributed by atoms with E-state index >= 15 is 0 Å². The first-order chi connectivity index (χ1) is 14.4. The lowest BCUT2D eigenvalue weighted by Gasteiger charge is -2.26. The molecule has 1 atom stereocenters. The van der Waals surface area contributed by atoms with Crippen molar-refractivity contribution in [2.24, 2.45) is 0 Å². The lowest BCUT2D eigenvalue weighted by molar-refractivity contribution is -0.137. The number of hydrogen-bond acceptors (Lipinski definition) is 4. The molecule has 0 aliphatic carbocycles. The van der Waals surface area contributed by atoms with Crippen molar-refractivity contribution in [2.75, 3.05) is 39.5 Å². The van der Waals surface area contributed by atoms with Crippen LogP contribution in [0.2, 0.25) is 0 Å². The fraction of sp³-hybridized carbons (Fsp3) is 0.364. The monoisotopic (exact) mass is 475 g/mol. The van der Waals surface area contributed by atoms with Crippen LogP contribution in [-0.4, -0.2) is 48.6 Å². The van der Waals surface area contributed by atoms with Crippen LogP contribution in [0.15, 0.2) is 58.8 Å². The van der Waals surface area contributed by atoms with Crippen LogP contribution in [0.25, 0.3) is 6.08 Å². The average Bonchev–Trinajstić information content (AvgIpc) is 2.76. The number of rotatable bonds is 8. The summed E-state index contributed by atoms with van der Waals surface area (Å²) in [4.78, 5) is 2.83. The van der Waals surface area contributed by atoms with E-state index in [1.165, 1.54) is 29.7 Å². The average molecular weight is 476 g/mol. The van der Waals surface area contributed by atoms with Crippen molar-refractivity contribution in [1.82, 2.24) is 4.90 Å². The molecule has 1 aliphatic rings. The molecule has 1 saturated heterocycles. The van der Waals surface area contributed by atoms with E-state index in [4.69, 9.17) is 9.47 Å². The Morgan fingerprint density at radius 3 is 2.42 bits per heavy atom. The third kappa shape index (κ3) is 7.96. The van der Waals surface area contributed by atoms with Crippen molar-refractivity contribution in [1.29, 1.82) is 0 Å². The molecule has 1 aliphatic heterocycles. The number of morpholine rings is 1. The zero-order valence-electron chi connectivity index (χ0n) is 16.8. The van der Waals surface area contributed by atoms with Gasteiger partial charge in [-0.2, -0.15) is 13.2 Å². The third-order valence-electron chi connectivity index (χ3n) is 4.68. The molecule has 1 heterocycles. The Kier molecular flexibility index (Phi) is 10.0. The van der Waals surface area contributed by atoms with E-state index in [0.29, 0.717) is 17.3 Å². The van der Waals surface area contributed by atoms with Crippen LogP contribution in [0.1, 0.15) is 17.5 Å². The number of halogens is 4. The molecule has 31 heavy (non-hydrogen) atoms. The molecule has 1 fully saturated rings. The zero-order valence-corrected chi connectivity index (χ0v) is 18.5. The van der Waals surface area contributed by atoms with E-state index in [1.54, 1.807) is 24.3 Å². The molecule has 0 radical (unpaired) electrons. The maximum absolute atomic E-state index is 13.0. The van der Waals surface area contributed by atoms with Gasteiger partial charge in [0, 0.05) is 29.9 Å². The van der Waals surface area contributed by atoms with Crippen molar-refractivity contribution >= 4 is 29.3 Å². The van der Waals surface area contributed by atoms with Crippen molar-refractivity contribution < 1.29 is 26.9 Å². The highest BCUT2D eigenvalue weighted by atomic mass is 35.5. The smallest absolute Gasteiger partial charge is 0.416 e. The molecular weight excluding hydrogens is 451 g/mol. The van der Waals surface area contributed by atoms with Crippen LogP contribution in [-0.2, 0) is 21.7 Å². The fourth-order valence-corrected chi connectivity index (χ4v) is 3.92. The van der Waals surface area contributed by atoms with Gasteiger partial charge in [-0.15, -0.1) is 12.4 Å². The first kappa shape index (κ1) is 25.4. The van der Waals surface area contributed by atoms with Gasteiger partial charge in [0.15, 0.2) is 0 Å². The normalized spacial score (nSPS) is 16.1. The summed E-state index contributed by atoms with van der Waals surface area (Å²) < 4.78 is 62.6. The molecule has 0 N–H and O–H groups in total. The van der Waals surface area contributed by atoms with Gasteiger partial charge in [-0.3, -0.25) is 4.90 Å². The first-order valence-corrected chi connectivity index (χ1v) is 10.9. The van der Waals surface area contributed by atoms with E-state index in [9.17, 15) is 17.4 Å². The van der Waals surface area contributed by atoms with Crippen molar-refractivity contribution in [3.63, 3.8) is 0 Å². The van der Waals surface area contributed by atoms with Crippen LogP contribution in [0.3, 0.4) is 0 Å². The second kappa shape index (κ2) is 12.2. The number of benzene rings is 2. The summed E-state index contributed by atoms with van der Waals surface area (Å²) in [5.74, 6) is 0.670. The molecule has 2 aromatic carbocycles. The minimum atomic E-state index is -4.46. The summed E-state index contributed by atoms with van der Waals surface area (Å²) in [5, 5.41) is 1.27. The summed E-state index contributed by atoms with van der Waals surface area (Å²) in [6, 6.07) is 12.0. The Morgan fingerprint density at radius 1 is 1.06 bits per heavy atom. The Hall–Kier alpha value is -1.87. The molecule has 170 valence electrons. The predicted octanol–water partition coefficient (Wildman–Crippen LogP) is 5.01. The zero-order chi connectivity index (χ0) is 21.4. The second-order valence-corrected chi connectivity index (χ2v) is 8.15. The Balaban J connectivity index is 0.00000341. The van der Waals surface area contributed by atoms with E-state index in [-0.39, 0.29) is 18.0 Å². The maximum Gasteiger partial charge on any atom is 0.416 e. The molecule has 0 amide bonds. The molecule has 0 aromatic heterocycles. The molecule has 0 bridgehead atoms. The van der Waals surface area contributed by atoms with Gasteiger partial charge in [0.1, 0.15) is 5.75 Å². The molecule has 1 unspecified atom stereocenters. The van der Waals surface area contributed by atoms with Gasteiger partial charge in [-0.25, -0.2) is 4.21 Å². The van der Waals surface area contributed by atoms with E-state index in [2.05, 4.69) is 4.90 Å². The largest absolute Gasteiger partial charge is 0.494 e. The van der Waals surface area contributed by atoms with Gasteiger partial charge in [0.05, 0.1) is 36.2 Å². The van der Waals surface area contributed by atoms with Gasteiger partial charge < -0.3 is 9.47 Å². The SMILES string of the molecule is Cl.O=S(/C=C/c1ccccc1C(F)(F)F)c1ccc(OCCCN2CCOCC2)cc1. The highest BCUT2D eigenvalue weighted by molar-refractivity contribution is 7.88. The summed E-state index contributed by atoms with van der Waals surface area (Å²) in [6.07, 6.45) is -2.31. The molecule has 4 nitrogen and oxygen atoms in total.